The molecule has 1 atom stereocenters. The van der Waals surface area contributed by atoms with Gasteiger partial charge in [0.2, 0.25) is 0 Å². The second-order valence-corrected chi connectivity index (χ2v) is 7.60. The summed E-state index contributed by atoms with van der Waals surface area (Å²) in [6.45, 7) is 7.32. The van der Waals surface area contributed by atoms with Crippen LogP contribution in [0.5, 0.6) is 0 Å². The molecule has 0 spiro atoms. The minimum Gasteiger partial charge on any atom is -0.318 e. The highest BCUT2D eigenvalue weighted by molar-refractivity contribution is 8.09. The van der Waals surface area contributed by atoms with Gasteiger partial charge in [0.15, 0.2) is 5.78 Å². The maximum Gasteiger partial charge on any atom is 0.262 e. The molecule has 0 aliphatic heterocycles. The van der Waals surface area contributed by atoms with Gasteiger partial charge in [-0.05, 0) is 38.1 Å². The standard InChI is InChI=1S/C15H22NO3PS/c1-5-18-20(21,19-6-2)16-15(12(3)13(4)17)14-10-8-7-9-11-14/h7-11,15H,3,5-6H2,1-2,4H3,(H,16,21). The maximum absolute atomic E-state index is 11.7. The van der Waals surface area contributed by atoms with Crippen LogP contribution in [0.25, 0.3) is 0 Å². The molecule has 0 saturated carbocycles. The van der Waals surface area contributed by atoms with Crippen LogP contribution in [-0.4, -0.2) is 19.0 Å². The fraction of sp³-hybridized carbons (Fsp3) is 0.400. The van der Waals surface area contributed by atoms with Crippen LogP contribution in [0.15, 0.2) is 42.5 Å². The fourth-order valence-electron chi connectivity index (χ4n) is 1.81. The van der Waals surface area contributed by atoms with Crippen LogP contribution < -0.4 is 5.09 Å². The van der Waals surface area contributed by atoms with Gasteiger partial charge in [0, 0.05) is 5.57 Å². The summed E-state index contributed by atoms with van der Waals surface area (Å²) < 4.78 is 11.2. The Morgan fingerprint density at radius 3 is 2.24 bits per heavy atom. The van der Waals surface area contributed by atoms with Gasteiger partial charge in [0.1, 0.15) is 0 Å². The molecule has 0 aliphatic rings. The van der Waals surface area contributed by atoms with Crippen molar-refractivity contribution in [2.45, 2.75) is 26.8 Å². The van der Waals surface area contributed by atoms with Crippen LogP contribution in [-0.2, 0) is 25.6 Å². The van der Waals surface area contributed by atoms with Gasteiger partial charge in [0.25, 0.3) is 6.64 Å². The van der Waals surface area contributed by atoms with Gasteiger partial charge < -0.3 is 9.05 Å². The molecule has 1 rings (SSSR count). The Balaban J connectivity index is 3.10. The molecule has 1 aromatic carbocycles. The highest BCUT2D eigenvalue weighted by atomic mass is 32.5. The van der Waals surface area contributed by atoms with Crippen LogP contribution >= 0.6 is 6.64 Å². The Morgan fingerprint density at radius 1 is 1.29 bits per heavy atom. The van der Waals surface area contributed by atoms with E-state index in [0.29, 0.717) is 18.8 Å². The van der Waals surface area contributed by atoms with Crippen LogP contribution in [0.1, 0.15) is 32.4 Å². The molecular formula is C15H22NO3PS. The zero-order valence-corrected chi connectivity index (χ0v) is 14.4. The van der Waals surface area contributed by atoms with E-state index in [1.54, 1.807) is 0 Å². The van der Waals surface area contributed by atoms with E-state index in [-0.39, 0.29) is 5.78 Å². The van der Waals surface area contributed by atoms with Crippen molar-refractivity contribution in [2.24, 2.45) is 0 Å². The van der Waals surface area contributed by atoms with E-state index in [2.05, 4.69) is 11.7 Å². The highest BCUT2D eigenvalue weighted by Gasteiger charge is 2.27. The topological polar surface area (TPSA) is 47.6 Å². The number of carbonyl (C=O) groups excluding carboxylic acids is 1. The van der Waals surface area contributed by atoms with Crippen LogP contribution in [0, 0.1) is 0 Å². The van der Waals surface area contributed by atoms with Gasteiger partial charge in [0.05, 0.1) is 19.3 Å². The number of hydrogen-bond acceptors (Lipinski definition) is 4. The molecule has 0 fully saturated rings. The van der Waals surface area contributed by atoms with E-state index in [1.807, 2.05) is 44.2 Å². The first-order valence-corrected chi connectivity index (χ1v) is 9.49. The predicted molar refractivity (Wildman–Crippen MR) is 89.7 cm³/mol. The van der Waals surface area contributed by atoms with Crippen molar-refractivity contribution in [1.82, 2.24) is 5.09 Å². The zero-order chi connectivity index (χ0) is 15.9. The maximum atomic E-state index is 11.7. The molecule has 0 aromatic heterocycles. The lowest BCUT2D eigenvalue weighted by atomic mass is 9.98. The van der Waals surface area contributed by atoms with Gasteiger partial charge in [-0.1, -0.05) is 36.9 Å². The highest BCUT2D eigenvalue weighted by Crippen LogP contribution is 2.47. The van der Waals surface area contributed by atoms with E-state index >= 15 is 0 Å². The summed E-state index contributed by atoms with van der Waals surface area (Å²) in [5.41, 5.74) is 1.35. The van der Waals surface area contributed by atoms with Gasteiger partial charge in [-0.25, -0.2) is 5.09 Å². The van der Waals surface area contributed by atoms with Crippen LogP contribution in [0.2, 0.25) is 0 Å². The first kappa shape index (κ1) is 18.2. The average Bonchev–Trinajstić information content (AvgIpc) is 2.45. The second-order valence-electron chi connectivity index (χ2n) is 4.39. The zero-order valence-electron chi connectivity index (χ0n) is 12.7. The average molecular weight is 327 g/mol. The number of ketones is 1. The van der Waals surface area contributed by atoms with E-state index in [4.69, 9.17) is 20.9 Å². The lowest BCUT2D eigenvalue weighted by Crippen LogP contribution is -2.25. The van der Waals surface area contributed by atoms with Gasteiger partial charge >= 0.3 is 0 Å². The van der Waals surface area contributed by atoms with Crippen molar-refractivity contribution in [2.75, 3.05) is 13.2 Å². The van der Waals surface area contributed by atoms with E-state index in [9.17, 15) is 4.79 Å². The largest absolute Gasteiger partial charge is 0.318 e. The van der Waals surface area contributed by atoms with Crippen molar-refractivity contribution >= 4 is 24.2 Å². The summed E-state index contributed by atoms with van der Waals surface area (Å²) in [6, 6.07) is 9.16. The summed E-state index contributed by atoms with van der Waals surface area (Å²) in [6.07, 6.45) is 0. The Bertz CT molecular complexity index is 523. The Hall–Kier alpha value is -0.840. The third-order valence-corrected chi connectivity index (χ3v) is 5.54. The first-order valence-electron chi connectivity index (χ1n) is 6.85. The molecule has 4 nitrogen and oxygen atoms in total. The fourth-order valence-corrected chi connectivity index (χ4v) is 4.29. The molecule has 0 amide bonds. The van der Waals surface area contributed by atoms with E-state index < -0.39 is 12.7 Å². The number of carbonyl (C=O) groups is 1. The number of rotatable bonds is 9. The number of hydrogen-bond donors (Lipinski definition) is 1. The summed E-state index contributed by atoms with van der Waals surface area (Å²) >= 11 is 5.49. The minimum absolute atomic E-state index is 0.0918. The van der Waals surface area contributed by atoms with Crippen molar-refractivity contribution in [3.8, 4) is 0 Å². The third kappa shape index (κ3) is 5.46. The molecule has 0 aliphatic carbocycles. The predicted octanol–water partition coefficient (Wildman–Crippen LogP) is 3.76. The third-order valence-electron chi connectivity index (χ3n) is 2.82. The van der Waals surface area contributed by atoms with E-state index in [0.717, 1.165) is 5.56 Å². The minimum atomic E-state index is -2.66. The van der Waals surface area contributed by atoms with Crippen molar-refractivity contribution < 1.29 is 13.8 Å². The number of benzene rings is 1. The Kier molecular flexibility index (Phi) is 7.43. The molecule has 116 valence electrons. The molecule has 1 aromatic rings. The summed E-state index contributed by atoms with van der Waals surface area (Å²) in [5, 5.41) is 3.19. The molecule has 0 radical (unpaired) electrons. The van der Waals surface area contributed by atoms with Gasteiger partial charge in [-0.3, -0.25) is 4.79 Å². The number of Topliss-reactive ketones (excluding diaryl/α,β-unsaturated/α-hetero) is 1. The van der Waals surface area contributed by atoms with Crippen LogP contribution in [0.3, 0.4) is 0 Å². The normalized spacial score (nSPS) is 12.9. The summed E-state index contributed by atoms with van der Waals surface area (Å²) in [7, 11) is 0. The first-order chi connectivity index (χ1) is 9.93. The Labute approximate surface area is 131 Å². The van der Waals surface area contributed by atoms with E-state index in [1.165, 1.54) is 6.92 Å². The lowest BCUT2D eigenvalue weighted by Gasteiger charge is -2.28. The molecule has 1 unspecified atom stereocenters. The van der Waals surface area contributed by atoms with Crippen molar-refractivity contribution in [1.29, 1.82) is 0 Å². The molecule has 1 N–H and O–H groups in total. The monoisotopic (exact) mass is 327 g/mol. The van der Waals surface area contributed by atoms with Crippen molar-refractivity contribution in [3.05, 3.63) is 48.0 Å². The molecule has 6 heteroatoms. The summed E-state index contributed by atoms with van der Waals surface area (Å²) in [5.74, 6) is -0.0918. The van der Waals surface area contributed by atoms with Gasteiger partial charge in [-0.2, -0.15) is 0 Å². The van der Waals surface area contributed by atoms with Crippen LogP contribution in [0.4, 0.5) is 0 Å². The smallest absolute Gasteiger partial charge is 0.262 e. The second kappa shape index (κ2) is 8.57. The number of nitrogens with one attached hydrogen (secondary N) is 1. The van der Waals surface area contributed by atoms with Crippen molar-refractivity contribution in [3.63, 3.8) is 0 Å². The Morgan fingerprint density at radius 2 is 1.81 bits per heavy atom. The molecule has 0 saturated heterocycles. The molecule has 21 heavy (non-hydrogen) atoms. The van der Waals surface area contributed by atoms with Gasteiger partial charge in [-0.15, -0.1) is 0 Å². The summed E-state index contributed by atoms with van der Waals surface area (Å²) in [4.78, 5) is 11.7. The molecule has 0 heterocycles. The molecular weight excluding hydrogens is 305 g/mol. The lowest BCUT2D eigenvalue weighted by molar-refractivity contribution is -0.113. The SMILES string of the molecule is C=C(C(C)=O)C(NP(=S)(OCC)OCC)c1ccccc1. The molecule has 0 bridgehead atoms. The quantitative estimate of drug-likeness (QED) is 0.553.